The first-order chi connectivity index (χ1) is 8.24. The average molecular weight is 230 g/mol. The van der Waals surface area contributed by atoms with Gasteiger partial charge < -0.3 is 10.3 Å². The summed E-state index contributed by atoms with van der Waals surface area (Å²) in [6.07, 6.45) is 3.03. The molecule has 5 nitrogen and oxygen atoms in total. The highest BCUT2D eigenvalue weighted by Crippen LogP contribution is 2.25. The standard InChI is InChI=1S/C11H7FN4O/c12-9-2-1-6(4-14-9)7-3-8-10(13)16-17-11(8)15-5-7/h1-5H,(H2,13,16). The van der Waals surface area contributed by atoms with E-state index in [4.69, 9.17) is 10.3 Å². The second kappa shape index (κ2) is 3.51. The number of nitrogens with zero attached hydrogens (tertiary/aromatic N) is 3. The molecule has 0 spiro atoms. The van der Waals surface area contributed by atoms with Crippen LogP contribution in [0.25, 0.3) is 22.2 Å². The SMILES string of the molecule is Nc1noc2ncc(-c3ccc(F)nc3)cc12. The summed E-state index contributed by atoms with van der Waals surface area (Å²) in [5, 5.41) is 4.24. The fourth-order valence-corrected chi connectivity index (χ4v) is 1.55. The molecule has 84 valence electrons. The van der Waals surface area contributed by atoms with Crippen molar-refractivity contribution in [2.75, 3.05) is 5.73 Å². The maximum absolute atomic E-state index is 12.7. The number of halogens is 1. The van der Waals surface area contributed by atoms with Crippen molar-refractivity contribution in [3.63, 3.8) is 0 Å². The third-order valence-corrected chi connectivity index (χ3v) is 2.42. The topological polar surface area (TPSA) is 77.8 Å². The van der Waals surface area contributed by atoms with Crippen LogP contribution in [0.1, 0.15) is 0 Å². The Bertz CT molecular complexity index is 678. The first kappa shape index (κ1) is 9.71. The summed E-state index contributed by atoms with van der Waals surface area (Å²) in [7, 11) is 0. The molecule has 0 aliphatic heterocycles. The van der Waals surface area contributed by atoms with E-state index in [0.717, 1.165) is 11.1 Å². The Balaban J connectivity index is 2.17. The fraction of sp³-hybridized carbons (Fsp3) is 0. The minimum absolute atomic E-state index is 0.282. The molecule has 0 radical (unpaired) electrons. The van der Waals surface area contributed by atoms with Crippen molar-refractivity contribution < 1.29 is 8.91 Å². The van der Waals surface area contributed by atoms with Crippen LogP contribution in [0.5, 0.6) is 0 Å². The molecule has 6 heteroatoms. The van der Waals surface area contributed by atoms with E-state index in [1.165, 1.54) is 12.3 Å². The number of hydrogen-bond donors (Lipinski definition) is 1. The largest absolute Gasteiger partial charge is 0.380 e. The molecule has 0 bridgehead atoms. The molecule has 3 aromatic rings. The van der Waals surface area contributed by atoms with Gasteiger partial charge in [-0.1, -0.05) is 5.16 Å². The molecule has 0 aliphatic rings. The van der Waals surface area contributed by atoms with Gasteiger partial charge in [0.2, 0.25) is 5.95 Å². The van der Waals surface area contributed by atoms with Gasteiger partial charge in [0.15, 0.2) is 5.82 Å². The van der Waals surface area contributed by atoms with Gasteiger partial charge in [-0.3, -0.25) is 0 Å². The van der Waals surface area contributed by atoms with Crippen molar-refractivity contribution in [1.29, 1.82) is 0 Å². The highest BCUT2D eigenvalue weighted by atomic mass is 19.1. The number of hydrogen-bond acceptors (Lipinski definition) is 5. The van der Waals surface area contributed by atoms with Gasteiger partial charge >= 0.3 is 0 Å². The van der Waals surface area contributed by atoms with Gasteiger partial charge in [0.1, 0.15) is 0 Å². The number of pyridine rings is 2. The molecule has 0 fully saturated rings. The highest BCUT2D eigenvalue weighted by molar-refractivity contribution is 5.87. The van der Waals surface area contributed by atoms with Gasteiger partial charge in [-0.2, -0.15) is 4.39 Å². The zero-order valence-corrected chi connectivity index (χ0v) is 8.59. The van der Waals surface area contributed by atoms with Crippen LogP contribution < -0.4 is 5.73 Å². The molecule has 0 atom stereocenters. The van der Waals surface area contributed by atoms with E-state index in [1.54, 1.807) is 18.3 Å². The van der Waals surface area contributed by atoms with E-state index in [1.807, 2.05) is 0 Å². The third-order valence-electron chi connectivity index (χ3n) is 2.42. The lowest BCUT2D eigenvalue weighted by molar-refractivity contribution is 0.452. The molecule has 3 aromatic heterocycles. The first-order valence-electron chi connectivity index (χ1n) is 4.87. The van der Waals surface area contributed by atoms with Crippen LogP contribution in [0, 0.1) is 5.95 Å². The van der Waals surface area contributed by atoms with E-state index in [0.29, 0.717) is 11.1 Å². The molecule has 2 N–H and O–H groups in total. The van der Waals surface area contributed by atoms with Crippen LogP contribution >= 0.6 is 0 Å². The fourth-order valence-electron chi connectivity index (χ4n) is 1.55. The smallest absolute Gasteiger partial charge is 0.259 e. The van der Waals surface area contributed by atoms with Crippen LogP contribution in [0.2, 0.25) is 0 Å². The normalized spacial score (nSPS) is 10.9. The number of aromatic nitrogens is 3. The van der Waals surface area contributed by atoms with E-state index in [2.05, 4.69) is 15.1 Å². The average Bonchev–Trinajstić information content (AvgIpc) is 2.72. The molecule has 0 saturated heterocycles. The molecule has 0 unspecified atom stereocenters. The van der Waals surface area contributed by atoms with Crippen molar-refractivity contribution in [3.05, 3.63) is 36.5 Å². The van der Waals surface area contributed by atoms with Gasteiger partial charge in [-0.25, -0.2) is 9.97 Å². The van der Waals surface area contributed by atoms with Crippen LogP contribution in [0.4, 0.5) is 10.2 Å². The minimum Gasteiger partial charge on any atom is -0.380 e. The van der Waals surface area contributed by atoms with Gasteiger partial charge in [0.05, 0.1) is 5.39 Å². The summed E-state index contributed by atoms with van der Waals surface area (Å²) in [5.41, 5.74) is 7.53. The Hall–Kier alpha value is -2.50. The number of fused-ring (bicyclic) bond motifs is 1. The summed E-state index contributed by atoms with van der Waals surface area (Å²) >= 11 is 0. The zero-order valence-electron chi connectivity index (χ0n) is 8.59. The number of nitrogen functional groups attached to an aromatic ring is 1. The van der Waals surface area contributed by atoms with Crippen molar-refractivity contribution >= 4 is 16.9 Å². The second-order valence-electron chi connectivity index (χ2n) is 3.51. The lowest BCUT2D eigenvalue weighted by atomic mass is 10.1. The van der Waals surface area contributed by atoms with Crippen molar-refractivity contribution in [2.45, 2.75) is 0 Å². The van der Waals surface area contributed by atoms with Crippen LogP contribution in [0.3, 0.4) is 0 Å². The van der Waals surface area contributed by atoms with Crippen molar-refractivity contribution in [2.24, 2.45) is 0 Å². The molecule has 0 amide bonds. The lowest BCUT2D eigenvalue weighted by Gasteiger charge is -1.99. The monoisotopic (exact) mass is 230 g/mol. The summed E-state index contributed by atoms with van der Waals surface area (Å²) in [6.45, 7) is 0. The second-order valence-corrected chi connectivity index (χ2v) is 3.51. The number of anilines is 1. The molecular formula is C11H7FN4O. The predicted molar refractivity (Wildman–Crippen MR) is 59.4 cm³/mol. The van der Waals surface area contributed by atoms with E-state index >= 15 is 0 Å². The molecule has 0 saturated carbocycles. The Labute approximate surface area is 95.1 Å². The Morgan fingerprint density at radius 1 is 1.12 bits per heavy atom. The van der Waals surface area contributed by atoms with Gasteiger partial charge in [-0.15, -0.1) is 0 Å². The molecular weight excluding hydrogens is 223 g/mol. The zero-order chi connectivity index (χ0) is 11.8. The van der Waals surface area contributed by atoms with Gasteiger partial charge in [-0.05, 0) is 18.2 Å². The Kier molecular flexibility index (Phi) is 2.01. The maximum atomic E-state index is 12.7. The summed E-state index contributed by atoms with van der Waals surface area (Å²) in [5.74, 6) is -0.239. The van der Waals surface area contributed by atoms with Crippen LogP contribution in [-0.2, 0) is 0 Å². The van der Waals surface area contributed by atoms with E-state index < -0.39 is 5.95 Å². The number of rotatable bonds is 1. The molecule has 3 rings (SSSR count). The van der Waals surface area contributed by atoms with Gasteiger partial charge in [0, 0.05) is 23.5 Å². The quantitative estimate of drug-likeness (QED) is 0.647. The Morgan fingerprint density at radius 3 is 2.71 bits per heavy atom. The predicted octanol–water partition coefficient (Wildman–Crippen LogP) is 2.01. The molecule has 17 heavy (non-hydrogen) atoms. The molecule has 0 aromatic carbocycles. The minimum atomic E-state index is -0.521. The third kappa shape index (κ3) is 1.59. The highest BCUT2D eigenvalue weighted by Gasteiger charge is 2.08. The molecule has 0 aliphatic carbocycles. The van der Waals surface area contributed by atoms with Crippen LogP contribution in [0.15, 0.2) is 35.1 Å². The first-order valence-corrected chi connectivity index (χ1v) is 4.87. The van der Waals surface area contributed by atoms with Crippen molar-refractivity contribution in [3.8, 4) is 11.1 Å². The summed E-state index contributed by atoms with van der Waals surface area (Å²) < 4.78 is 17.6. The summed E-state index contributed by atoms with van der Waals surface area (Å²) in [4.78, 5) is 7.65. The van der Waals surface area contributed by atoms with Crippen molar-refractivity contribution in [1.82, 2.24) is 15.1 Å². The maximum Gasteiger partial charge on any atom is 0.259 e. The van der Waals surface area contributed by atoms with Gasteiger partial charge in [0.25, 0.3) is 5.71 Å². The van der Waals surface area contributed by atoms with E-state index in [-0.39, 0.29) is 5.82 Å². The van der Waals surface area contributed by atoms with E-state index in [9.17, 15) is 4.39 Å². The number of nitrogens with two attached hydrogens (primary N) is 1. The summed E-state index contributed by atoms with van der Waals surface area (Å²) in [6, 6.07) is 4.69. The van der Waals surface area contributed by atoms with Crippen LogP contribution in [-0.4, -0.2) is 15.1 Å². The Morgan fingerprint density at radius 2 is 1.94 bits per heavy atom. The molecule has 3 heterocycles. The lowest BCUT2D eigenvalue weighted by Crippen LogP contribution is -1.87.